The summed E-state index contributed by atoms with van der Waals surface area (Å²) in [5.74, 6) is -0.446. The van der Waals surface area contributed by atoms with E-state index < -0.39 is 5.60 Å². The highest BCUT2D eigenvalue weighted by molar-refractivity contribution is 5.76. The Hall–Kier alpha value is -3.14. The SMILES string of the molecule is CC(C)(C)OC(=O)CCOCCOCCOCCNC(=O)CCOCCOCCOCCNC(=O)CCCCCCCCCCCCC(=O)OCc1ccccc1. The summed E-state index contributed by atoms with van der Waals surface area (Å²) in [7, 11) is 0. The van der Waals surface area contributed by atoms with Gasteiger partial charge < -0.3 is 48.5 Å². The first-order valence-corrected chi connectivity index (χ1v) is 21.1. The van der Waals surface area contributed by atoms with Crippen molar-refractivity contribution in [3.05, 3.63) is 35.9 Å². The Kier molecular flexibility index (Phi) is 33.8. The first kappa shape index (κ1) is 51.9. The molecule has 0 fully saturated rings. The molecule has 0 spiro atoms. The summed E-state index contributed by atoms with van der Waals surface area (Å²) >= 11 is 0. The lowest BCUT2D eigenvalue weighted by molar-refractivity contribution is -0.156. The number of benzene rings is 1. The summed E-state index contributed by atoms with van der Waals surface area (Å²) in [6.45, 7) is 11.4. The third kappa shape index (κ3) is 38.2. The van der Waals surface area contributed by atoms with Crippen molar-refractivity contribution in [2.24, 2.45) is 0 Å². The maximum absolute atomic E-state index is 12.0. The molecule has 0 unspecified atom stereocenters. The molecule has 1 aromatic rings. The standard InChI is InChI=1S/C43H74N2O12/c1-43(2,3)57-42(49)22-26-51-30-34-55-36-32-53-28-24-45-40(47)21-25-50-29-33-54-35-31-52-27-23-44-39(46)19-15-10-8-6-4-5-7-9-11-16-20-41(48)56-37-38-17-13-12-14-18-38/h12-14,17-18H,4-11,15-16,19-37H2,1-3H3,(H,44,46)(H,45,47). The average molecular weight is 811 g/mol. The number of amides is 2. The van der Waals surface area contributed by atoms with Gasteiger partial charge in [0.05, 0.1) is 85.7 Å². The van der Waals surface area contributed by atoms with Crippen LogP contribution in [0, 0.1) is 0 Å². The molecule has 0 radical (unpaired) electrons. The quantitative estimate of drug-likeness (QED) is 0.0602. The van der Waals surface area contributed by atoms with Crippen LogP contribution in [0.3, 0.4) is 0 Å². The molecule has 0 bridgehead atoms. The Morgan fingerprint density at radius 2 is 0.860 bits per heavy atom. The van der Waals surface area contributed by atoms with Crippen LogP contribution in [0.2, 0.25) is 0 Å². The lowest BCUT2D eigenvalue weighted by Gasteiger charge is -2.19. The van der Waals surface area contributed by atoms with E-state index in [0.717, 1.165) is 44.1 Å². The Balaban J connectivity index is 1.72. The van der Waals surface area contributed by atoms with Crippen LogP contribution in [0.4, 0.5) is 0 Å². The van der Waals surface area contributed by atoms with Crippen molar-refractivity contribution in [1.29, 1.82) is 0 Å². The maximum Gasteiger partial charge on any atom is 0.308 e. The van der Waals surface area contributed by atoms with Crippen LogP contribution in [-0.4, -0.2) is 122 Å². The molecular formula is C43H74N2O12. The van der Waals surface area contributed by atoms with E-state index in [2.05, 4.69) is 10.6 Å². The predicted molar refractivity (Wildman–Crippen MR) is 218 cm³/mol. The van der Waals surface area contributed by atoms with Crippen LogP contribution in [0.15, 0.2) is 30.3 Å². The zero-order valence-corrected chi connectivity index (χ0v) is 35.3. The van der Waals surface area contributed by atoms with E-state index in [4.69, 9.17) is 37.9 Å². The highest BCUT2D eigenvalue weighted by Gasteiger charge is 2.15. The van der Waals surface area contributed by atoms with Crippen LogP contribution in [0.25, 0.3) is 0 Å². The highest BCUT2D eigenvalue weighted by Crippen LogP contribution is 2.13. The van der Waals surface area contributed by atoms with Crippen LogP contribution < -0.4 is 10.6 Å². The summed E-state index contributed by atoms with van der Waals surface area (Å²) in [4.78, 5) is 47.4. The van der Waals surface area contributed by atoms with Gasteiger partial charge in [0.2, 0.25) is 11.8 Å². The molecule has 14 heteroatoms. The van der Waals surface area contributed by atoms with Crippen molar-refractivity contribution in [3.8, 4) is 0 Å². The van der Waals surface area contributed by atoms with Crippen molar-refractivity contribution >= 4 is 23.8 Å². The third-order valence-corrected chi connectivity index (χ3v) is 8.25. The van der Waals surface area contributed by atoms with Crippen molar-refractivity contribution < 1.29 is 57.1 Å². The molecule has 57 heavy (non-hydrogen) atoms. The molecule has 328 valence electrons. The van der Waals surface area contributed by atoms with Crippen molar-refractivity contribution in [1.82, 2.24) is 10.6 Å². The number of hydrogen-bond acceptors (Lipinski definition) is 12. The van der Waals surface area contributed by atoms with Crippen LogP contribution >= 0.6 is 0 Å². The van der Waals surface area contributed by atoms with Gasteiger partial charge in [0, 0.05) is 32.4 Å². The first-order chi connectivity index (χ1) is 27.7. The fourth-order valence-electron chi connectivity index (χ4n) is 5.28. The van der Waals surface area contributed by atoms with Gasteiger partial charge in [0.15, 0.2) is 0 Å². The smallest absolute Gasteiger partial charge is 0.308 e. The summed E-state index contributed by atoms with van der Waals surface area (Å²) in [5.41, 5.74) is 0.525. The summed E-state index contributed by atoms with van der Waals surface area (Å²) in [5, 5.41) is 5.68. The third-order valence-electron chi connectivity index (χ3n) is 8.25. The van der Waals surface area contributed by atoms with Crippen LogP contribution in [0.1, 0.15) is 116 Å². The summed E-state index contributed by atoms with van der Waals surface area (Å²) in [6.07, 6.45) is 12.6. The van der Waals surface area contributed by atoms with E-state index in [1.807, 2.05) is 51.1 Å². The zero-order chi connectivity index (χ0) is 41.5. The Morgan fingerprint density at radius 1 is 0.456 bits per heavy atom. The number of ether oxygens (including phenoxy) is 8. The van der Waals surface area contributed by atoms with E-state index in [0.29, 0.717) is 112 Å². The topological polar surface area (TPSA) is 166 Å². The molecule has 0 aliphatic heterocycles. The lowest BCUT2D eigenvalue weighted by Crippen LogP contribution is -2.28. The molecule has 0 aliphatic rings. The van der Waals surface area contributed by atoms with Gasteiger partial charge in [-0.2, -0.15) is 0 Å². The van der Waals surface area contributed by atoms with Gasteiger partial charge in [-0.05, 0) is 39.2 Å². The first-order valence-electron chi connectivity index (χ1n) is 21.1. The van der Waals surface area contributed by atoms with Gasteiger partial charge in [0.25, 0.3) is 0 Å². The van der Waals surface area contributed by atoms with Crippen molar-refractivity contribution in [2.45, 2.75) is 123 Å². The van der Waals surface area contributed by atoms with Crippen molar-refractivity contribution in [3.63, 3.8) is 0 Å². The van der Waals surface area contributed by atoms with E-state index in [9.17, 15) is 19.2 Å². The number of carbonyl (C=O) groups is 4. The zero-order valence-electron chi connectivity index (χ0n) is 35.3. The summed E-state index contributed by atoms with van der Waals surface area (Å²) in [6, 6.07) is 9.76. The van der Waals surface area contributed by atoms with Crippen LogP contribution in [-0.2, 0) is 63.7 Å². The number of hydrogen-bond donors (Lipinski definition) is 2. The molecule has 0 saturated heterocycles. The molecule has 2 N–H and O–H groups in total. The van der Waals surface area contributed by atoms with Crippen molar-refractivity contribution in [2.75, 3.05) is 92.4 Å². The van der Waals surface area contributed by atoms with Gasteiger partial charge in [0.1, 0.15) is 12.2 Å². The molecule has 14 nitrogen and oxygen atoms in total. The van der Waals surface area contributed by atoms with E-state index in [1.54, 1.807) is 0 Å². The minimum atomic E-state index is -0.492. The Bertz CT molecular complexity index is 1130. The van der Waals surface area contributed by atoms with Gasteiger partial charge in [-0.1, -0.05) is 81.7 Å². The molecule has 0 atom stereocenters. The Morgan fingerprint density at radius 3 is 1.35 bits per heavy atom. The van der Waals surface area contributed by atoms with Gasteiger partial charge in [-0.3, -0.25) is 19.2 Å². The van der Waals surface area contributed by atoms with Crippen LogP contribution in [0.5, 0.6) is 0 Å². The second-order valence-electron chi connectivity index (χ2n) is 14.6. The highest BCUT2D eigenvalue weighted by atomic mass is 16.6. The van der Waals surface area contributed by atoms with E-state index in [-0.39, 0.29) is 36.6 Å². The molecule has 0 heterocycles. The number of unbranched alkanes of at least 4 members (excludes halogenated alkanes) is 9. The molecule has 0 saturated carbocycles. The normalized spacial score (nSPS) is 11.4. The number of esters is 2. The fraction of sp³-hybridized carbons (Fsp3) is 0.767. The minimum Gasteiger partial charge on any atom is -0.461 e. The second-order valence-corrected chi connectivity index (χ2v) is 14.6. The maximum atomic E-state index is 12.0. The number of rotatable bonds is 39. The molecular weight excluding hydrogens is 736 g/mol. The molecule has 0 aliphatic carbocycles. The minimum absolute atomic E-state index is 0.0630. The Labute approximate surface area is 342 Å². The van der Waals surface area contributed by atoms with Gasteiger partial charge in [-0.15, -0.1) is 0 Å². The number of carbonyl (C=O) groups excluding carboxylic acids is 4. The molecule has 1 rings (SSSR count). The van der Waals surface area contributed by atoms with E-state index >= 15 is 0 Å². The lowest BCUT2D eigenvalue weighted by atomic mass is 10.1. The second kappa shape index (κ2) is 37.2. The average Bonchev–Trinajstić information content (AvgIpc) is 3.18. The van der Waals surface area contributed by atoms with Gasteiger partial charge in [-0.25, -0.2) is 0 Å². The molecule has 0 aromatic heterocycles. The molecule has 2 amide bonds. The van der Waals surface area contributed by atoms with Gasteiger partial charge >= 0.3 is 11.9 Å². The molecule has 1 aromatic carbocycles. The predicted octanol–water partition coefficient (Wildman–Crippen LogP) is 5.86. The monoisotopic (exact) mass is 811 g/mol. The van der Waals surface area contributed by atoms with E-state index in [1.165, 1.54) is 25.7 Å². The largest absolute Gasteiger partial charge is 0.461 e. The fourth-order valence-corrected chi connectivity index (χ4v) is 5.28. The number of nitrogens with one attached hydrogen (secondary N) is 2. The summed E-state index contributed by atoms with van der Waals surface area (Å²) < 4.78 is 43.2.